The molecule has 2 unspecified atom stereocenters. The van der Waals surface area contributed by atoms with Crippen LogP contribution in [0.3, 0.4) is 0 Å². The summed E-state index contributed by atoms with van der Waals surface area (Å²) in [6.07, 6.45) is 1.85. The maximum absolute atomic E-state index is 12.3. The number of morpholine rings is 1. The first-order valence-corrected chi connectivity index (χ1v) is 6.74. The lowest BCUT2D eigenvalue weighted by Crippen LogP contribution is -2.48. The predicted molar refractivity (Wildman–Crippen MR) is 74.3 cm³/mol. The van der Waals surface area contributed by atoms with Gasteiger partial charge in [0.05, 0.1) is 24.1 Å². The molecule has 1 amide bonds. The zero-order chi connectivity index (χ0) is 13.8. The second kappa shape index (κ2) is 6.02. The molecule has 104 valence electrons. The van der Waals surface area contributed by atoms with Crippen molar-refractivity contribution in [3.8, 4) is 0 Å². The van der Waals surface area contributed by atoms with Gasteiger partial charge in [-0.2, -0.15) is 0 Å². The van der Waals surface area contributed by atoms with Gasteiger partial charge in [0.25, 0.3) is 5.91 Å². The van der Waals surface area contributed by atoms with E-state index in [2.05, 4.69) is 10.3 Å². The minimum absolute atomic E-state index is 0.0231. The van der Waals surface area contributed by atoms with Crippen LogP contribution in [0, 0.1) is 0 Å². The molecule has 1 aliphatic heterocycles. The van der Waals surface area contributed by atoms with Crippen molar-refractivity contribution in [2.24, 2.45) is 0 Å². The van der Waals surface area contributed by atoms with Crippen LogP contribution >= 0.6 is 0 Å². The van der Waals surface area contributed by atoms with Crippen LogP contribution in [-0.2, 0) is 4.74 Å². The van der Waals surface area contributed by atoms with Crippen LogP contribution in [0.15, 0.2) is 18.3 Å². The second-order valence-electron chi connectivity index (χ2n) is 4.93. The van der Waals surface area contributed by atoms with Gasteiger partial charge < -0.3 is 15.0 Å². The molecule has 0 aromatic carbocycles. The molecular formula is C14H21N3O2. The summed E-state index contributed by atoms with van der Waals surface area (Å²) in [6, 6.07) is 3.65. The van der Waals surface area contributed by atoms with Crippen LogP contribution < -0.4 is 5.32 Å². The summed E-state index contributed by atoms with van der Waals surface area (Å²) >= 11 is 0. The van der Waals surface area contributed by atoms with E-state index in [1.807, 2.05) is 31.7 Å². The van der Waals surface area contributed by atoms with Crippen molar-refractivity contribution >= 4 is 11.6 Å². The molecule has 19 heavy (non-hydrogen) atoms. The Hall–Kier alpha value is -1.62. The Kier molecular flexibility index (Phi) is 4.37. The van der Waals surface area contributed by atoms with Crippen LogP contribution in [0.1, 0.15) is 31.3 Å². The van der Waals surface area contributed by atoms with E-state index >= 15 is 0 Å². The number of carbonyl (C=O) groups is 1. The third-order valence-corrected chi connectivity index (χ3v) is 3.07. The lowest BCUT2D eigenvalue weighted by molar-refractivity contribution is -0.0587. The van der Waals surface area contributed by atoms with Crippen molar-refractivity contribution in [2.45, 2.75) is 33.0 Å². The second-order valence-corrected chi connectivity index (χ2v) is 4.93. The molecule has 2 rings (SSSR count). The Morgan fingerprint density at radius 3 is 2.63 bits per heavy atom. The van der Waals surface area contributed by atoms with Crippen LogP contribution in [0.2, 0.25) is 0 Å². The van der Waals surface area contributed by atoms with E-state index in [9.17, 15) is 4.79 Å². The molecule has 0 saturated carbocycles. The van der Waals surface area contributed by atoms with Crippen molar-refractivity contribution in [3.05, 3.63) is 24.0 Å². The van der Waals surface area contributed by atoms with E-state index in [0.717, 1.165) is 12.2 Å². The third-order valence-electron chi connectivity index (χ3n) is 3.07. The molecule has 1 aromatic rings. The van der Waals surface area contributed by atoms with E-state index in [0.29, 0.717) is 18.8 Å². The summed E-state index contributed by atoms with van der Waals surface area (Å²) in [7, 11) is 0. The monoisotopic (exact) mass is 263 g/mol. The fraction of sp³-hybridized carbons (Fsp3) is 0.571. The number of nitrogens with zero attached hydrogens (tertiary/aromatic N) is 2. The number of anilines is 1. The molecule has 5 heteroatoms. The van der Waals surface area contributed by atoms with Gasteiger partial charge in [-0.15, -0.1) is 0 Å². The van der Waals surface area contributed by atoms with E-state index < -0.39 is 0 Å². The molecular weight excluding hydrogens is 242 g/mol. The average molecular weight is 263 g/mol. The van der Waals surface area contributed by atoms with Crippen molar-refractivity contribution in [3.63, 3.8) is 0 Å². The summed E-state index contributed by atoms with van der Waals surface area (Å²) < 4.78 is 5.63. The van der Waals surface area contributed by atoms with Crippen LogP contribution in [0.4, 0.5) is 5.69 Å². The van der Waals surface area contributed by atoms with E-state index in [1.165, 1.54) is 0 Å². The number of amides is 1. The van der Waals surface area contributed by atoms with Gasteiger partial charge in [-0.05, 0) is 32.9 Å². The smallest absolute Gasteiger partial charge is 0.272 e. The number of carbonyl (C=O) groups excluding carboxylic acids is 1. The number of hydrogen-bond donors (Lipinski definition) is 1. The van der Waals surface area contributed by atoms with Gasteiger partial charge >= 0.3 is 0 Å². The number of ether oxygens (including phenoxy) is 1. The van der Waals surface area contributed by atoms with Gasteiger partial charge in [-0.3, -0.25) is 4.79 Å². The maximum atomic E-state index is 12.3. The number of nitrogens with one attached hydrogen (secondary N) is 1. The van der Waals surface area contributed by atoms with Crippen molar-refractivity contribution in [2.75, 3.05) is 25.0 Å². The molecule has 2 atom stereocenters. The van der Waals surface area contributed by atoms with Gasteiger partial charge in [-0.1, -0.05) is 0 Å². The predicted octanol–water partition coefficient (Wildman–Crippen LogP) is 1.76. The molecule has 0 spiro atoms. The summed E-state index contributed by atoms with van der Waals surface area (Å²) in [6.45, 7) is 8.08. The van der Waals surface area contributed by atoms with E-state index in [1.54, 1.807) is 12.3 Å². The first-order chi connectivity index (χ1) is 9.10. The van der Waals surface area contributed by atoms with Crippen LogP contribution in [0.25, 0.3) is 0 Å². The van der Waals surface area contributed by atoms with Gasteiger partial charge in [-0.25, -0.2) is 4.98 Å². The van der Waals surface area contributed by atoms with E-state index in [-0.39, 0.29) is 18.1 Å². The van der Waals surface area contributed by atoms with Gasteiger partial charge in [0.15, 0.2) is 0 Å². The molecule has 1 saturated heterocycles. The molecule has 0 aliphatic carbocycles. The summed E-state index contributed by atoms with van der Waals surface area (Å²) in [4.78, 5) is 18.4. The largest absolute Gasteiger partial charge is 0.384 e. The molecule has 1 aliphatic rings. The highest BCUT2D eigenvalue weighted by molar-refractivity contribution is 5.92. The molecule has 1 fully saturated rings. The lowest BCUT2D eigenvalue weighted by Gasteiger charge is -2.35. The first kappa shape index (κ1) is 13.8. The average Bonchev–Trinajstić information content (AvgIpc) is 2.38. The summed E-state index contributed by atoms with van der Waals surface area (Å²) in [5.74, 6) is -0.0231. The number of aromatic nitrogens is 1. The fourth-order valence-electron chi connectivity index (χ4n) is 2.33. The zero-order valence-corrected chi connectivity index (χ0v) is 11.7. The topological polar surface area (TPSA) is 54.5 Å². The third kappa shape index (κ3) is 3.44. The standard InChI is InChI=1S/C14H21N3O2/c1-4-15-12-5-6-13(16-7-12)14(18)17-8-10(2)19-11(3)9-17/h5-7,10-11,15H,4,8-9H2,1-3H3. The van der Waals surface area contributed by atoms with Gasteiger partial charge in [0.1, 0.15) is 5.69 Å². The lowest BCUT2D eigenvalue weighted by atomic mass is 10.2. The highest BCUT2D eigenvalue weighted by Gasteiger charge is 2.27. The summed E-state index contributed by atoms with van der Waals surface area (Å²) in [5.41, 5.74) is 1.42. The highest BCUT2D eigenvalue weighted by atomic mass is 16.5. The molecule has 0 radical (unpaired) electrons. The van der Waals surface area contributed by atoms with Crippen molar-refractivity contribution in [1.29, 1.82) is 0 Å². The van der Waals surface area contributed by atoms with Crippen molar-refractivity contribution in [1.82, 2.24) is 9.88 Å². The van der Waals surface area contributed by atoms with Crippen molar-refractivity contribution < 1.29 is 9.53 Å². The Labute approximate surface area is 114 Å². The molecule has 5 nitrogen and oxygen atoms in total. The first-order valence-electron chi connectivity index (χ1n) is 6.74. The Bertz CT molecular complexity index is 423. The molecule has 1 aromatic heterocycles. The molecule has 0 bridgehead atoms. The normalized spacial score (nSPS) is 23.2. The quantitative estimate of drug-likeness (QED) is 0.903. The Balaban J connectivity index is 2.06. The highest BCUT2D eigenvalue weighted by Crippen LogP contribution is 2.14. The fourth-order valence-corrected chi connectivity index (χ4v) is 2.33. The Morgan fingerprint density at radius 2 is 2.11 bits per heavy atom. The number of hydrogen-bond acceptors (Lipinski definition) is 4. The SMILES string of the molecule is CCNc1ccc(C(=O)N2CC(C)OC(C)C2)nc1. The zero-order valence-electron chi connectivity index (χ0n) is 11.7. The number of pyridine rings is 1. The van der Waals surface area contributed by atoms with Gasteiger partial charge in [0.2, 0.25) is 0 Å². The molecule has 1 N–H and O–H groups in total. The van der Waals surface area contributed by atoms with Gasteiger partial charge in [0, 0.05) is 19.6 Å². The van der Waals surface area contributed by atoms with Crippen LogP contribution in [0.5, 0.6) is 0 Å². The minimum Gasteiger partial charge on any atom is -0.384 e. The van der Waals surface area contributed by atoms with E-state index in [4.69, 9.17) is 4.74 Å². The number of rotatable bonds is 3. The maximum Gasteiger partial charge on any atom is 0.272 e. The Morgan fingerprint density at radius 1 is 1.42 bits per heavy atom. The summed E-state index contributed by atoms with van der Waals surface area (Å²) in [5, 5.41) is 3.16. The molecule has 2 heterocycles. The minimum atomic E-state index is -0.0231. The van der Waals surface area contributed by atoms with Crippen LogP contribution in [-0.4, -0.2) is 47.6 Å².